The summed E-state index contributed by atoms with van der Waals surface area (Å²) < 4.78 is 1.55. The molecule has 2 rings (SSSR count). The van der Waals surface area contributed by atoms with Crippen LogP contribution in [0.3, 0.4) is 0 Å². The van der Waals surface area contributed by atoms with E-state index in [0.717, 1.165) is 17.0 Å². The van der Waals surface area contributed by atoms with Gasteiger partial charge in [-0.25, -0.2) is 0 Å². The average molecular weight is 370 g/mol. The fourth-order valence-electron chi connectivity index (χ4n) is 2.21. The van der Waals surface area contributed by atoms with Crippen LogP contribution in [-0.4, -0.2) is 27.3 Å². The second-order valence-electron chi connectivity index (χ2n) is 5.33. The number of amides is 1. The number of nitro groups is 1. The van der Waals surface area contributed by atoms with Crippen molar-refractivity contribution in [3.63, 3.8) is 0 Å². The van der Waals surface area contributed by atoms with Gasteiger partial charge in [-0.1, -0.05) is 22.9 Å². The third-order valence-corrected chi connectivity index (χ3v) is 4.85. The highest BCUT2D eigenvalue weighted by Crippen LogP contribution is 2.23. The van der Waals surface area contributed by atoms with E-state index in [2.05, 4.69) is 0 Å². The summed E-state index contributed by atoms with van der Waals surface area (Å²) >= 11 is 7.15. The van der Waals surface area contributed by atoms with Gasteiger partial charge in [-0.15, -0.1) is 0 Å². The zero-order valence-electron chi connectivity index (χ0n) is 13.2. The number of non-ortho nitro benzene ring substituents is 1. The molecule has 2 aromatic rings. The Hall–Kier alpha value is -2.19. The lowest BCUT2D eigenvalue weighted by Crippen LogP contribution is -2.28. The van der Waals surface area contributed by atoms with Crippen molar-refractivity contribution in [2.45, 2.75) is 26.4 Å². The molecule has 1 aromatic carbocycles. The standard InChI is InChI=1S/C15H16ClN3O4S/c1-10-9-24-15(21)18(10)6-5-14(20)17(2)8-11-7-12(19(22)23)3-4-13(11)16/h3-4,7,9H,5-6,8H2,1-2H3. The van der Waals surface area contributed by atoms with Crippen LogP contribution in [0, 0.1) is 17.0 Å². The highest BCUT2D eigenvalue weighted by Gasteiger charge is 2.15. The summed E-state index contributed by atoms with van der Waals surface area (Å²) in [6.45, 7) is 2.28. The number of thiazole rings is 1. The molecular weight excluding hydrogens is 354 g/mol. The number of aromatic nitrogens is 1. The third kappa shape index (κ3) is 4.21. The van der Waals surface area contributed by atoms with Gasteiger partial charge in [-0.2, -0.15) is 0 Å². The first-order chi connectivity index (χ1) is 11.3. The number of hydrogen-bond donors (Lipinski definition) is 0. The van der Waals surface area contributed by atoms with E-state index < -0.39 is 4.92 Å². The van der Waals surface area contributed by atoms with Gasteiger partial charge in [0.1, 0.15) is 0 Å². The van der Waals surface area contributed by atoms with Gasteiger partial charge >= 0.3 is 4.87 Å². The van der Waals surface area contributed by atoms with Crippen molar-refractivity contribution in [2.75, 3.05) is 7.05 Å². The molecule has 0 atom stereocenters. The fourth-order valence-corrected chi connectivity index (χ4v) is 3.15. The third-order valence-electron chi connectivity index (χ3n) is 3.60. The van der Waals surface area contributed by atoms with Crippen LogP contribution < -0.4 is 4.87 Å². The Morgan fingerprint density at radius 2 is 2.17 bits per heavy atom. The van der Waals surface area contributed by atoms with E-state index in [1.165, 1.54) is 23.1 Å². The Bertz CT molecular complexity index is 830. The van der Waals surface area contributed by atoms with Crippen LogP contribution in [0.2, 0.25) is 5.02 Å². The van der Waals surface area contributed by atoms with E-state index >= 15 is 0 Å². The predicted octanol–water partition coefficient (Wildman–Crippen LogP) is 2.83. The average Bonchev–Trinajstić information content (AvgIpc) is 2.85. The number of halogens is 1. The summed E-state index contributed by atoms with van der Waals surface area (Å²) in [5.74, 6) is -0.171. The zero-order valence-corrected chi connectivity index (χ0v) is 14.8. The van der Waals surface area contributed by atoms with Crippen LogP contribution >= 0.6 is 22.9 Å². The van der Waals surface area contributed by atoms with Gasteiger partial charge < -0.3 is 9.47 Å². The Labute approximate surface area is 147 Å². The maximum absolute atomic E-state index is 12.2. The Kier molecular flexibility index (Phi) is 5.74. The molecule has 0 aliphatic heterocycles. The molecule has 0 unspecified atom stereocenters. The van der Waals surface area contributed by atoms with Gasteiger partial charge in [0.15, 0.2) is 0 Å². The van der Waals surface area contributed by atoms with Crippen LogP contribution in [-0.2, 0) is 17.9 Å². The summed E-state index contributed by atoms with van der Waals surface area (Å²) in [5, 5.41) is 12.9. The van der Waals surface area contributed by atoms with Crippen LogP contribution in [0.1, 0.15) is 17.7 Å². The molecule has 0 spiro atoms. The SMILES string of the molecule is Cc1csc(=O)n1CCC(=O)N(C)Cc1cc([N+](=O)[O-])ccc1Cl. The van der Waals surface area contributed by atoms with Crippen molar-refractivity contribution in [1.29, 1.82) is 0 Å². The lowest BCUT2D eigenvalue weighted by atomic mass is 10.2. The molecule has 0 aliphatic carbocycles. The Morgan fingerprint density at radius 3 is 2.75 bits per heavy atom. The van der Waals surface area contributed by atoms with Crippen molar-refractivity contribution in [1.82, 2.24) is 9.47 Å². The summed E-state index contributed by atoms with van der Waals surface area (Å²) in [4.78, 5) is 35.5. The second kappa shape index (κ2) is 7.59. The first kappa shape index (κ1) is 18.2. The molecule has 0 aliphatic rings. The van der Waals surface area contributed by atoms with Gasteiger partial charge in [0, 0.05) is 54.8 Å². The maximum Gasteiger partial charge on any atom is 0.307 e. The van der Waals surface area contributed by atoms with Crippen molar-refractivity contribution >= 4 is 34.5 Å². The normalized spacial score (nSPS) is 10.6. The topological polar surface area (TPSA) is 85.5 Å². The molecule has 24 heavy (non-hydrogen) atoms. The van der Waals surface area contributed by atoms with Crippen molar-refractivity contribution in [3.05, 3.63) is 59.6 Å². The number of hydrogen-bond acceptors (Lipinski definition) is 5. The highest BCUT2D eigenvalue weighted by molar-refractivity contribution is 7.07. The molecule has 0 radical (unpaired) electrons. The minimum atomic E-state index is -0.507. The van der Waals surface area contributed by atoms with Crippen LogP contribution in [0.15, 0.2) is 28.4 Å². The number of carbonyl (C=O) groups is 1. The number of aryl methyl sites for hydroxylation is 1. The van der Waals surface area contributed by atoms with Gasteiger partial charge in [-0.05, 0) is 18.6 Å². The van der Waals surface area contributed by atoms with E-state index in [1.807, 2.05) is 6.92 Å². The van der Waals surface area contributed by atoms with Crippen LogP contribution in [0.4, 0.5) is 5.69 Å². The zero-order chi connectivity index (χ0) is 17.9. The van der Waals surface area contributed by atoms with Gasteiger partial charge in [0.25, 0.3) is 5.69 Å². The first-order valence-corrected chi connectivity index (χ1v) is 8.37. The van der Waals surface area contributed by atoms with E-state index in [9.17, 15) is 19.7 Å². The minimum absolute atomic E-state index is 0.0734. The number of rotatable bonds is 6. The highest BCUT2D eigenvalue weighted by atomic mass is 35.5. The van der Waals surface area contributed by atoms with E-state index in [0.29, 0.717) is 17.1 Å². The van der Waals surface area contributed by atoms with E-state index in [1.54, 1.807) is 17.0 Å². The lowest BCUT2D eigenvalue weighted by molar-refractivity contribution is -0.384. The molecule has 128 valence electrons. The van der Waals surface area contributed by atoms with E-state index in [4.69, 9.17) is 11.6 Å². The molecule has 0 saturated heterocycles. The molecule has 9 heteroatoms. The summed E-state index contributed by atoms with van der Waals surface area (Å²) in [6.07, 6.45) is 0.167. The molecule has 1 amide bonds. The number of nitrogens with zero attached hydrogens (tertiary/aromatic N) is 3. The Morgan fingerprint density at radius 1 is 1.46 bits per heavy atom. The molecule has 0 fully saturated rings. The molecular formula is C15H16ClN3O4S. The van der Waals surface area contributed by atoms with Gasteiger partial charge in [0.2, 0.25) is 5.91 Å². The largest absolute Gasteiger partial charge is 0.341 e. The number of benzene rings is 1. The van der Waals surface area contributed by atoms with Gasteiger partial charge in [-0.3, -0.25) is 19.7 Å². The first-order valence-electron chi connectivity index (χ1n) is 7.11. The molecule has 1 heterocycles. The second-order valence-corrected chi connectivity index (χ2v) is 6.56. The smallest absolute Gasteiger partial charge is 0.307 e. The molecule has 7 nitrogen and oxygen atoms in total. The Balaban J connectivity index is 2.03. The summed E-state index contributed by atoms with van der Waals surface area (Å²) in [6, 6.07) is 4.13. The number of carbonyl (C=O) groups excluding carboxylic acids is 1. The minimum Gasteiger partial charge on any atom is -0.341 e. The molecule has 0 saturated carbocycles. The van der Waals surface area contributed by atoms with Crippen molar-refractivity contribution < 1.29 is 9.72 Å². The lowest BCUT2D eigenvalue weighted by Gasteiger charge is -2.18. The quantitative estimate of drug-likeness (QED) is 0.578. The van der Waals surface area contributed by atoms with Crippen LogP contribution in [0.5, 0.6) is 0 Å². The van der Waals surface area contributed by atoms with Gasteiger partial charge in [0.05, 0.1) is 4.92 Å². The molecule has 0 bridgehead atoms. The number of nitro benzene ring substituents is 1. The maximum atomic E-state index is 12.2. The van der Waals surface area contributed by atoms with Crippen molar-refractivity contribution in [3.8, 4) is 0 Å². The predicted molar refractivity (Wildman–Crippen MR) is 92.5 cm³/mol. The monoisotopic (exact) mass is 369 g/mol. The molecule has 1 aromatic heterocycles. The van der Waals surface area contributed by atoms with Crippen molar-refractivity contribution in [2.24, 2.45) is 0 Å². The summed E-state index contributed by atoms with van der Waals surface area (Å²) in [7, 11) is 1.60. The summed E-state index contributed by atoms with van der Waals surface area (Å²) in [5.41, 5.74) is 1.25. The molecule has 0 N–H and O–H groups in total. The van der Waals surface area contributed by atoms with Crippen LogP contribution in [0.25, 0.3) is 0 Å². The van der Waals surface area contributed by atoms with E-state index in [-0.39, 0.29) is 29.4 Å². The fraction of sp³-hybridized carbons (Fsp3) is 0.333.